The van der Waals surface area contributed by atoms with E-state index < -0.39 is 0 Å². The van der Waals surface area contributed by atoms with Gasteiger partial charge in [0.05, 0.1) is 36.9 Å². The molecular formula is C36H39Cl2N9O2. The highest BCUT2D eigenvalue weighted by Crippen LogP contribution is 2.39. The Morgan fingerprint density at radius 1 is 1.02 bits per heavy atom. The number of carbonyl (C=O) groups excluding carboxylic acids is 1. The first kappa shape index (κ1) is 34.2. The van der Waals surface area contributed by atoms with Gasteiger partial charge < -0.3 is 32.0 Å². The van der Waals surface area contributed by atoms with Crippen LogP contribution in [0.2, 0.25) is 10.0 Å². The number of ether oxygens (including phenoxy) is 1. The van der Waals surface area contributed by atoms with Crippen molar-refractivity contribution in [2.45, 2.75) is 38.5 Å². The predicted octanol–water partition coefficient (Wildman–Crippen LogP) is 4.93. The molecule has 1 saturated heterocycles. The van der Waals surface area contributed by atoms with E-state index in [9.17, 15) is 4.79 Å². The molecular weight excluding hydrogens is 661 g/mol. The number of hydrazine groups is 1. The standard InChI is InChI=1S/C36H39Cl2N9O2/c1-49-33-15-25(31(37)14-24(33)17-42-20-34(45-39)46-40)21-47-32-7-3-5-28(30(32)19-43-47)29-6-2-4-27(36(29)38)23-10-8-22(9-11-23)16-41-18-26-12-13-35(48)44-26/h2-11,14-15,19,26,41-42H,12-13,16-18,20-21,39-40H2,1H3,(H,44,48)(H,45,46). The van der Waals surface area contributed by atoms with Crippen molar-refractivity contribution in [1.82, 2.24) is 31.2 Å². The molecule has 11 nitrogen and oxygen atoms in total. The monoisotopic (exact) mass is 699 g/mol. The van der Waals surface area contributed by atoms with E-state index in [4.69, 9.17) is 44.7 Å². The van der Waals surface area contributed by atoms with Gasteiger partial charge in [-0.15, -0.1) is 0 Å². The third-order valence-electron chi connectivity index (χ3n) is 8.75. The average molecular weight is 701 g/mol. The molecule has 0 spiro atoms. The summed E-state index contributed by atoms with van der Waals surface area (Å²) in [5, 5.41) is 20.3. The van der Waals surface area contributed by atoms with Crippen LogP contribution >= 0.6 is 23.2 Å². The minimum absolute atomic E-state index is 0.133. The fourth-order valence-corrected chi connectivity index (χ4v) is 6.73. The van der Waals surface area contributed by atoms with Crippen molar-refractivity contribution >= 4 is 45.8 Å². The van der Waals surface area contributed by atoms with Crippen LogP contribution in [0, 0.1) is 0 Å². The van der Waals surface area contributed by atoms with Gasteiger partial charge in [0.2, 0.25) is 5.91 Å². The van der Waals surface area contributed by atoms with Crippen molar-refractivity contribution in [2.24, 2.45) is 16.8 Å². The maximum absolute atomic E-state index is 11.5. The highest BCUT2D eigenvalue weighted by Gasteiger charge is 2.20. The van der Waals surface area contributed by atoms with Gasteiger partial charge in [0.25, 0.3) is 0 Å². The van der Waals surface area contributed by atoms with Crippen LogP contribution in [0.25, 0.3) is 33.2 Å². The van der Waals surface area contributed by atoms with Gasteiger partial charge in [-0.05, 0) is 46.9 Å². The summed E-state index contributed by atoms with van der Waals surface area (Å²) in [4.78, 5) is 11.5. The first-order chi connectivity index (χ1) is 23.9. The zero-order valence-electron chi connectivity index (χ0n) is 27.1. The van der Waals surface area contributed by atoms with Crippen molar-refractivity contribution in [3.8, 4) is 28.0 Å². The molecule has 13 heteroatoms. The maximum Gasteiger partial charge on any atom is 0.220 e. The molecule has 1 unspecified atom stereocenters. The van der Waals surface area contributed by atoms with Gasteiger partial charge in [-0.25, -0.2) is 5.84 Å². The Bertz CT molecular complexity index is 1980. The average Bonchev–Trinajstić information content (AvgIpc) is 3.73. The Kier molecular flexibility index (Phi) is 11.0. The summed E-state index contributed by atoms with van der Waals surface area (Å²) in [7, 11) is 1.63. The van der Waals surface area contributed by atoms with Gasteiger partial charge in [-0.1, -0.05) is 77.8 Å². The van der Waals surface area contributed by atoms with E-state index in [2.05, 4.69) is 56.8 Å². The van der Waals surface area contributed by atoms with E-state index in [1.54, 1.807) is 7.11 Å². The van der Waals surface area contributed by atoms with Crippen LogP contribution in [-0.4, -0.2) is 47.8 Å². The van der Waals surface area contributed by atoms with Gasteiger partial charge in [-0.3, -0.25) is 9.48 Å². The number of methoxy groups -OCH3 is 1. The molecule has 1 fully saturated rings. The van der Waals surface area contributed by atoms with Crippen molar-refractivity contribution in [3.05, 3.63) is 106 Å². The molecule has 49 heavy (non-hydrogen) atoms. The Morgan fingerprint density at radius 2 is 1.80 bits per heavy atom. The zero-order chi connectivity index (χ0) is 34.3. The maximum atomic E-state index is 11.5. The fraction of sp³-hybridized carbons (Fsp3) is 0.250. The third-order valence-corrected chi connectivity index (χ3v) is 9.51. The normalized spacial score (nSPS) is 14.7. The number of amidine groups is 1. The predicted molar refractivity (Wildman–Crippen MR) is 196 cm³/mol. The molecule has 6 rings (SSSR count). The topological polar surface area (TPSA) is 157 Å². The molecule has 1 aliphatic heterocycles. The largest absolute Gasteiger partial charge is 0.496 e. The number of nitrogens with two attached hydrogens (primary N) is 2. The number of nitrogens with one attached hydrogen (secondary N) is 4. The smallest absolute Gasteiger partial charge is 0.220 e. The summed E-state index contributed by atoms with van der Waals surface area (Å²) in [6.07, 6.45) is 3.36. The zero-order valence-corrected chi connectivity index (χ0v) is 28.6. The number of amides is 1. The Morgan fingerprint density at radius 3 is 2.53 bits per heavy atom. The number of fused-ring (bicyclic) bond motifs is 1. The van der Waals surface area contributed by atoms with Crippen molar-refractivity contribution in [2.75, 3.05) is 20.2 Å². The van der Waals surface area contributed by atoms with E-state index in [0.717, 1.165) is 69.4 Å². The minimum atomic E-state index is 0.133. The van der Waals surface area contributed by atoms with Crippen LogP contribution in [0.1, 0.15) is 29.5 Å². The molecule has 1 aliphatic rings. The summed E-state index contributed by atoms with van der Waals surface area (Å²) >= 11 is 13.9. The third kappa shape index (κ3) is 7.82. The molecule has 1 atom stereocenters. The van der Waals surface area contributed by atoms with Crippen LogP contribution in [0.3, 0.4) is 0 Å². The number of hydrogen-bond donors (Lipinski definition) is 6. The fourth-order valence-electron chi connectivity index (χ4n) is 6.15. The molecule has 0 saturated carbocycles. The van der Waals surface area contributed by atoms with E-state index in [0.29, 0.717) is 47.7 Å². The van der Waals surface area contributed by atoms with Gasteiger partial charge in [-0.2, -0.15) is 10.2 Å². The number of aromatic nitrogens is 2. The number of benzene rings is 4. The van der Waals surface area contributed by atoms with Crippen molar-refractivity contribution < 1.29 is 9.53 Å². The number of rotatable bonds is 13. The summed E-state index contributed by atoms with van der Waals surface area (Å²) < 4.78 is 7.62. The van der Waals surface area contributed by atoms with Crippen LogP contribution in [-0.2, 0) is 24.4 Å². The van der Waals surface area contributed by atoms with Gasteiger partial charge >= 0.3 is 0 Å². The quantitative estimate of drug-likeness (QED) is 0.0438. The molecule has 4 aromatic carbocycles. The number of hydrogen-bond acceptors (Lipinski definition) is 8. The van der Waals surface area contributed by atoms with Crippen molar-refractivity contribution in [1.29, 1.82) is 0 Å². The minimum Gasteiger partial charge on any atom is -0.496 e. The van der Waals surface area contributed by atoms with Crippen LogP contribution < -0.4 is 37.8 Å². The summed E-state index contributed by atoms with van der Waals surface area (Å²) in [5.41, 5.74) is 10.2. The Balaban J connectivity index is 1.19. The lowest BCUT2D eigenvalue weighted by molar-refractivity contribution is -0.119. The molecule has 8 N–H and O–H groups in total. The van der Waals surface area contributed by atoms with Gasteiger partial charge in [0, 0.05) is 59.2 Å². The highest BCUT2D eigenvalue weighted by atomic mass is 35.5. The highest BCUT2D eigenvalue weighted by molar-refractivity contribution is 6.36. The molecule has 2 heterocycles. The first-order valence-electron chi connectivity index (χ1n) is 16.0. The van der Waals surface area contributed by atoms with Crippen LogP contribution in [0.15, 0.2) is 84.1 Å². The Labute approximate surface area is 294 Å². The second kappa shape index (κ2) is 15.7. The number of nitrogens with zero attached hydrogens (tertiary/aromatic N) is 3. The molecule has 0 radical (unpaired) electrons. The molecule has 0 aliphatic carbocycles. The summed E-state index contributed by atoms with van der Waals surface area (Å²) in [5.74, 6) is 12.0. The lowest BCUT2D eigenvalue weighted by Gasteiger charge is -2.15. The van der Waals surface area contributed by atoms with Crippen LogP contribution in [0.5, 0.6) is 5.75 Å². The molecule has 5 aromatic rings. The molecule has 1 aromatic heterocycles. The second-order valence-corrected chi connectivity index (χ2v) is 12.7. The first-order valence-corrected chi connectivity index (χ1v) is 16.8. The lowest BCUT2D eigenvalue weighted by Crippen LogP contribution is -2.38. The number of halogens is 2. The SMILES string of the molecule is COc1cc(Cn2ncc3c(-c4cccc(-c5ccc(CNCC6CCC(=O)N6)cc5)c4Cl)cccc32)c(Cl)cc1CNC/C(=N/N)NN. The molecule has 0 bridgehead atoms. The Hall–Kier alpha value is -4.65. The van der Waals surface area contributed by atoms with E-state index in [1.165, 1.54) is 0 Å². The van der Waals surface area contributed by atoms with Gasteiger partial charge in [0.1, 0.15) is 11.6 Å². The molecule has 254 valence electrons. The van der Waals surface area contributed by atoms with E-state index >= 15 is 0 Å². The number of hydrazone groups is 1. The lowest BCUT2D eigenvalue weighted by atomic mass is 9.96. The number of carbonyl (C=O) groups is 1. The molecule has 1 amide bonds. The van der Waals surface area contributed by atoms with E-state index in [1.807, 2.05) is 53.3 Å². The van der Waals surface area contributed by atoms with Crippen molar-refractivity contribution in [3.63, 3.8) is 0 Å². The summed E-state index contributed by atoms with van der Waals surface area (Å²) in [6.45, 7) is 2.77. The van der Waals surface area contributed by atoms with Crippen LogP contribution in [0.4, 0.5) is 0 Å². The van der Waals surface area contributed by atoms with Gasteiger partial charge in [0.15, 0.2) is 0 Å². The second-order valence-electron chi connectivity index (χ2n) is 11.9. The van der Waals surface area contributed by atoms with E-state index in [-0.39, 0.29) is 11.9 Å². The summed E-state index contributed by atoms with van der Waals surface area (Å²) in [6, 6.07) is 24.7.